The van der Waals surface area contributed by atoms with Gasteiger partial charge in [0.2, 0.25) is 5.91 Å². The fourth-order valence-electron chi connectivity index (χ4n) is 1.15. The molecule has 0 fully saturated rings. The molecule has 0 atom stereocenters. The molecule has 0 bridgehead atoms. The lowest BCUT2D eigenvalue weighted by Crippen LogP contribution is -2.11. The van der Waals surface area contributed by atoms with E-state index in [1.165, 1.54) is 13.0 Å². The highest BCUT2D eigenvalue weighted by Crippen LogP contribution is 2.25. The van der Waals surface area contributed by atoms with E-state index < -0.39 is 5.97 Å². The first-order valence-electron chi connectivity index (χ1n) is 4.23. The van der Waals surface area contributed by atoms with Crippen molar-refractivity contribution >= 4 is 33.5 Å². The number of aryl methyl sites for hydroxylation is 1. The number of hydrogen-bond donors (Lipinski definition) is 2. The molecule has 1 rings (SSSR count). The smallest absolute Gasteiger partial charge is 0.337 e. The molecule has 1 amide bonds. The van der Waals surface area contributed by atoms with Crippen LogP contribution in [0.15, 0.2) is 16.6 Å². The Kier molecular flexibility index (Phi) is 3.47. The van der Waals surface area contributed by atoms with E-state index in [4.69, 9.17) is 5.11 Å². The van der Waals surface area contributed by atoms with Gasteiger partial charge in [-0.25, -0.2) is 4.79 Å². The van der Waals surface area contributed by atoms with Gasteiger partial charge in [-0.05, 0) is 24.6 Å². The normalized spacial score (nSPS) is 9.80. The maximum Gasteiger partial charge on any atom is 0.337 e. The molecule has 5 heteroatoms. The monoisotopic (exact) mass is 271 g/mol. The van der Waals surface area contributed by atoms with E-state index >= 15 is 0 Å². The Hall–Kier alpha value is -1.36. The lowest BCUT2D eigenvalue weighted by molar-refractivity contribution is -0.114. The van der Waals surface area contributed by atoms with Gasteiger partial charge in [-0.3, -0.25) is 4.79 Å². The fourth-order valence-corrected chi connectivity index (χ4v) is 1.49. The van der Waals surface area contributed by atoms with Crippen molar-refractivity contribution in [2.75, 3.05) is 5.32 Å². The summed E-state index contributed by atoms with van der Waals surface area (Å²) in [5, 5.41) is 11.4. The highest BCUT2D eigenvalue weighted by atomic mass is 79.9. The lowest BCUT2D eigenvalue weighted by Gasteiger charge is -2.09. The van der Waals surface area contributed by atoms with Crippen molar-refractivity contribution in [1.29, 1.82) is 0 Å². The second-order valence-corrected chi connectivity index (χ2v) is 3.99. The van der Waals surface area contributed by atoms with Crippen LogP contribution in [0.4, 0.5) is 5.69 Å². The van der Waals surface area contributed by atoms with Crippen LogP contribution in [-0.2, 0) is 4.79 Å². The largest absolute Gasteiger partial charge is 0.478 e. The number of anilines is 1. The molecular formula is C10H10BrNO3. The molecule has 0 unspecified atom stereocenters. The molecule has 0 aliphatic heterocycles. The number of rotatable bonds is 2. The van der Waals surface area contributed by atoms with Crippen LogP contribution in [-0.4, -0.2) is 17.0 Å². The van der Waals surface area contributed by atoms with Gasteiger partial charge in [-0.2, -0.15) is 0 Å². The third-order valence-corrected chi connectivity index (χ3v) is 2.69. The summed E-state index contributed by atoms with van der Waals surface area (Å²) >= 11 is 3.24. The molecule has 2 N–H and O–H groups in total. The number of hydrogen-bond acceptors (Lipinski definition) is 2. The number of aromatic carboxylic acids is 1. The van der Waals surface area contributed by atoms with Gasteiger partial charge >= 0.3 is 5.97 Å². The van der Waals surface area contributed by atoms with Gasteiger partial charge in [-0.15, -0.1) is 0 Å². The standard InChI is InChI=1S/C10H10BrNO3/c1-5-3-9(12-6(2)13)7(10(14)15)4-8(5)11/h3-4H,1-2H3,(H,12,13)(H,14,15). The highest BCUT2D eigenvalue weighted by molar-refractivity contribution is 9.10. The summed E-state index contributed by atoms with van der Waals surface area (Å²) in [4.78, 5) is 21.8. The molecule has 4 nitrogen and oxygen atoms in total. The van der Waals surface area contributed by atoms with Crippen LogP contribution < -0.4 is 5.32 Å². The van der Waals surface area contributed by atoms with Gasteiger partial charge in [0.1, 0.15) is 0 Å². The summed E-state index contributed by atoms with van der Waals surface area (Å²) in [5.74, 6) is -1.36. The van der Waals surface area contributed by atoms with Crippen LogP contribution in [0.1, 0.15) is 22.8 Å². The molecule has 0 saturated carbocycles. The first-order valence-corrected chi connectivity index (χ1v) is 5.02. The highest BCUT2D eigenvalue weighted by Gasteiger charge is 2.13. The van der Waals surface area contributed by atoms with Crippen molar-refractivity contribution in [2.24, 2.45) is 0 Å². The molecule has 0 aliphatic rings. The molecule has 0 aliphatic carbocycles. The maximum absolute atomic E-state index is 10.9. The van der Waals surface area contributed by atoms with Crippen molar-refractivity contribution in [3.8, 4) is 0 Å². The molecule has 80 valence electrons. The number of amides is 1. The molecular weight excluding hydrogens is 262 g/mol. The van der Waals surface area contributed by atoms with Crippen molar-refractivity contribution in [3.63, 3.8) is 0 Å². The number of halogens is 1. The number of carboxylic acid groups (broad SMARTS) is 1. The van der Waals surface area contributed by atoms with Crippen LogP contribution in [0.3, 0.4) is 0 Å². The minimum absolute atomic E-state index is 0.0719. The third-order valence-electron chi connectivity index (χ3n) is 1.84. The van der Waals surface area contributed by atoms with Gasteiger partial charge in [0.15, 0.2) is 0 Å². The minimum Gasteiger partial charge on any atom is -0.478 e. The SMILES string of the molecule is CC(=O)Nc1cc(C)c(Br)cc1C(=O)O. The van der Waals surface area contributed by atoms with E-state index in [1.807, 2.05) is 6.92 Å². The van der Waals surface area contributed by atoms with Gasteiger partial charge in [0, 0.05) is 11.4 Å². The molecule has 0 heterocycles. The molecule has 1 aromatic rings. The van der Waals surface area contributed by atoms with Crippen molar-refractivity contribution in [3.05, 3.63) is 27.7 Å². The van der Waals surface area contributed by atoms with Crippen LogP contribution in [0, 0.1) is 6.92 Å². The van der Waals surface area contributed by atoms with Gasteiger partial charge in [0.05, 0.1) is 11.3 Å². The van der Waals surface area contributed by atoms with Crippen molar-refractivity contribution in [1.82, 2.24) is 0 Å². The summed E-state index contributed by atoms with van der Waals surface area (Å²) in [6, 6.07) is 3.10. The average molecular weight is 272 g/mol. The molecule has 0 saturated heterocycles. The van der Waals surface area contributed by atoms with Crippen molar-refractivity contribution < 1.29 is 14.7 Å². The van der Waals surface area contributed by atoms with E-state index in [2.05, 4.69) is 21.2 Å². The maximum atomic E-state index is 10.9. The number of nitrogens with one attached hydrogen (secondary N) is 1. The lowest BCUT2D eigenvalue weighted by atomic mass is 10.1. The Balaban J connectivity index is 3.28. The first-order chi connectivity index (χ1) is 6.91. The summed E-state index contributed by atoms with van der Waals surface area (Å²) < 4.78 is 0.703. The molecule has 15 heavy (non-hydrogen) atoms. The fraction of sp³-hybridized carbons (Fsp3) is 0.200. The summed E-state index contributed by atoms with van der Waals surface area (Å²) in [6.45, 7) is 3.16. The Bertz CT molecular complexity index is 429. The second kappa shape index (κ2) is 4.44. The first kappa shape index (κ1) is 11.7. The predicted octanol–water partition coefficient (Wildman–Crippen LogP) is 2.41. The second-order valence-electron chi connectivity index (χ2n) is 3.13. The minimum atomic E-state index is -1.07. The molecule has 0 spiro atoms. The van der Waals surface area contributed by atoms with Crippen LogP contribution in [0.5, 0.6) is 0 Å². The number of carboxylic acids is 1. The Morgan fingerprint density at radius 1 is 1.40 bits per heavy atom. The number of carbonyl (C=O) groups excluding carboxylic acids is 1. The third kappa shape index (κ3) is 2.79. The zero-order valence-electron chi connectivity index (χ0n) is 8.30. The van der Waals surface area contributed by atoms with Gasteiger partial charge in [-0.1, -0.05) is 15.9 Å². The van der Waals surface area contributed by atoms with E-state index in [9.17, 15) is 9.59 Å². The topological polar surface area (TPSA) is 66.4 Å². The Morgan fingerprint density at radius 3 is 2.47 bits per heavy atom. The quantitative estimate of drug-likeness (QED) is 0.868. The zero-order chi connectivity index (χ0) is 11.6. The van der Waals surface area contributed by atoms with E-state index in [0.29, 0.717) is 10.2 Å². The van der Waals surface area contributed by atoms with Crippen LogP contribution in [0.25, 0.3) is 0 Å². The predicted molar refractivity (Wildman–Crippen MR) is 60.1 cm³/mol. The van der Waals surface area contributed by atoms with E-state index in [0.717, 1.165) is 5.56 Å². The zero-order valence-corrected chi connectivity index (χ0v) is 9.88. The van der Waals surface area contributed by atoms with Gasteiger partial charge < -0.3 is 10.4 Å². The molecule has 0 radical (unpaired) electrons. The number of benzene rings is 1. The summed E-state index contributed by atoms with van der Waals surface area (Å²) in [6.07, 6.45) is 0. The van der Waals surface area contributed by atoms with Crippen LogP contribution in [0.2, 0.25) is 0 Å². The average Bonchev–Trinajstić information content (AvgIpc) is 2.09. The van der Waals surface area contributed by atoms with Gasteiger partial charge in [0.25, 0.3) is 0 Å². The van der Waals surface area contributed by atoms with Crippen LogP contribution >= 0.6 is 15.9 Å². The summed E-state index contributed by atoms with van der Waals surface area (Å²) in [7, 11) is 0. The van der Waals surface area contributed by atoms with E-state index in [1.54, 1.807) is 6.07 Å². The summed E-state index contributed by atoms with van der Waals surface area (Å²) in [5.41, 5.74) is 1.25. The molecule has 0 aromatic heterocycles. The van der Waals surface area contributed by atoms with E-state index in [-0.39, 0.29) is 11.5 Å². The molecule has 1 aromatic carbocycles. The Labute approximate surface area is 95.4 Å². The number of carbonyl (C=O) groups is 2. The van der Waals surface area contributed by atoms with Crippen molar-refractivity contribution in [2.45, 2.75) is 13.8 Å². The Morgan fingerprint density at radius 2 is 2.00 bits per heavy atom.